The van der Waals surface area contributed by atoms with Gasteiger partial charge in [-0.15, -0.1) is 11.6 Å². The van der Waals surface area contributed by atoms with Gasteiger partial charge in [-0.1, -0.05) is 6.92 Å². The number of rotatable bonds is 9. The SMILES string of the molecule is COCCNC(=O)C(C)NS(=O)(=O)CC(C)CCl. The number of sulfonamides is 1. The molecule has 6 nitrogen and oxygen atoms in total. The van der Waals surface area contributed by atoms with E-state index in [0.29, 0.717) is 13.2 Å². The van der Waals surface area contributed by atoms with Gasteiger partial charge in [-0.3, -0.25) is 4.79 Å². The highest BCUT2D eigenvalue weighted by Crippen LogP contribution is 2.02. The van der Waals surface area contributed by atoms with Gasteiger partial charge in [0.1, 0.15) is 0 Å². The standard InChI is InChI=1S/C10H21ClN2O4S/c1-8(6-11)7-18(15,16)13-9(2)10(14)12-4-5-17-3/h8-9,13H,4-7H2,1-3H3,(H,12,14). The van der Waals surface area contributed by atoms with Crippen LogP contribution in [0, 0.1) is 5.92 Å². The molecule has 2 N–H and O–H groups in total. The maximum Gasteiger partial charge on any atom is 0.237 e. The number of hydrogen-bond acceptors (Lipinski definition) is 4. The van der Waals surface area contributed by atoms with Crippen LogP contribution in [0.3, 0.4) is 0 Å². The van der Waals surface area contributed by atoms with Crippen molar-refractivity contribution in [1.29, 1.82) is 0 Å². The van der Waals surface area contributed by atoms with Crippen LogP contribution < -0.4 is 10.0 Å². The van der Waals surface area contributed by atoms with Gasteiger partial charge in [-0.05, 0) is 12.8 Å². The van der Waals surface area contributed by atoms with Crippen LogP contribution in [-0.4, -0.2) is 52.3 Å². The molecule has 0 spiro atoms. The van der Waals surface area contributed by atoms with Crippen molar-refractivity contribution in [2.45, 2.75) is 19.9 Å². The fourth-order valence-corrected chi connectivity index (χ4v) is 3.07. The first-order chi connectivity index (χ1) is 8.32. The predicted octanol–water partition coefficient (Wildman–Crippen LogP) is -0.0682. The summed E-state index contributed by atoms with van der Waals surface area (Å²) in [6.45, 7) is 3.95. The molecule has 0 aromatic heterocycles. The average molecular weight is 301 g/mol. The maximum atomic E-state index is 11.7. The van der Waals surface area contributed by atoms with Gasteiger partial charge in [0.25, 0.3) is 0 Å². The Morgan fingerprint density at radius 3 is 2.50 bits per heavy atom. The monoisotopic (exact) mass is 300 g/mol. The molecule has 0 aliphatic rings. The van der Waals surface area contributed by atoms with Gasteiger partial charge in [0.15, 0.2) is 0 Å². The molecule has 0 rings (SSSR count). The maximum absolute atomic E-state index is 11.7. The molecule has 108 valence electrons. The summed E-state index contributed by atoms with van der Waals surface area (Å²) in [7, 11) is -1.97. The zero-order valence-corrected chi connectivity index (χ0v) is 12.5. The number of carbonyl (C=O) groups is 1. The highest BCUT2D eigenvalue weighted by atomic mass is 35.5. The minimum atomic E-state index is -3.49. The predicted molar refractivity (Wildman–Crippen MR) is 71.2 cm³/mol. The highest BCUT2D eigenvalue weighted by Gasteiger charge is 2.21. The lowest BCUT2D eigenvalue weighted by Gasteiger charge is -2.15. The lowest BCUT2D eigenvalue weighted by atomic mass is 10.3. The first-order valence-electron chi connectivity index (χ1n) is 5.65. The molecule has 0 radical (unpaired) electrons. The minimum Gasteiger partial charge on any atom is -0.383 e. The molecular weight excluding hydrogens is 280 g/mol. The molecule has 1 amide bonds. The van der Waals surface area contributed by atoms with E-state index in [-0.39, 0.29) is 23.5 Å². The van der Waals surface area contributed by atoms with Gasteiger partial charge in [0.05, 0.1) is 18.4 Å². The van der Waals surface area contributed by atoms with Crippen LogP contribution in [0.15, 0.2) is 0 Å². The number of alkyl halides is 1. The van der Waals surface area contributed by atoms with Crippen LogP contribution >= 0.6 is 11.6 Å². The fourth-order valence-electron chi connectivity index (χ4n) is 1.22. The number of halogens is 1. The molecule has 0 heterocycles. The summed E-state index contributed by atoms with van der Waals surface area (Å²) in [4.78, 5) is 11.5. The number of carbonyl (C=O) groups excluding carboxylic acids is 1. The van der Waals surface area contributed by atoms with Gasteiger partial charge in [0, 0.05) is 19.5 Å². The van der Waals surface area contributed by atoms with Crippen LogP contribution in [0.5, 0.6) is 0 Å². The molecule has 0 saturated heterocycles. The van der Waals surface area contributed by atoms with Crippen molar-refractivity contribution in [2.24, 2.45) is 5.92 Å². The summed E-state index contributed by atoms with van der Waals surface area (Å²) in [5, 5.41) is 2.56. The van der Waals surface area contributed by atoms with Crippen LogP contribution in [0.1, 0.15) is 13.8 Å². The first kappa shape index (κ1) is 17.6. The van der Waals surface area contributed by atoms with Gasteiger partial charge in [0.2, 0.25) is 15.9 Å². The summed E-state index contributed by atoms with van der Waals surface area (Å²) >= 11 is 5.56. The van der Waals surface area contributed by atoms with E-state index in [0.717, 1.165) is 0 Å². The van der Waals surface area contributed by atoms with Crippen molar-refractivity contribution >= 4 is 27.5 Å². The van der Waals surface area contributed by atoms with Gasteiger partial charge >= 0.3 is 0 Å². The van der Waals surface area contributed by atoms with Gasteiger partial charge in [-0.2, -0.15) is 0 Å². The summed E-state index contributed by atoms with van der Waals surface area (Å²) in [6, 6.07) is -0.811. The Kier molecular flexibility index (Phi) is 8.51. The van der Waals surface area contributed by atoms with Crippen molar-refractivity contribution in [3.8, 4) is 0 Å². The zero-order chi connectivity index (χ0) is 14.2. The molecule has 0 bridgehead atoms. The average Bonchev–Trinajstić information content (AvgIpc) is 2.27. The Morgan fingerprint density at radius 2 is 2.00 bits per heavy atom. The smallest absolute Gasteiger partial charge is 0.237 e. The normalized spacial score (nSPS) is 15.1. The van der Waals surface area contributed by atoms with Crippen LogP contribution in [0.25, 0.3) is 0 Å². The number of nitrogens with one attached hydrogen (secondary N) is 2. The Hall–Kier alpha value is -0.370. The molecular formula is C10H21ClN2O4S. The Labute approximate surface area is 113 Å². The van der Waals surface area contributed by atoms with E-state index in [1.807, 2.05) is 0 Å². The second-order valence-corrected chi connectivity index (χ2v) is 6.27. The number of methoxy groups -OCH3 is 1. The molecule has 0 saturated carbocycles. The summed E-state index contributed by atoms with van der Waals surface area (Å²) in [5.74, 6) is -0.372. The Morgan fingerprint density at radius 1 is 1.39 bits per heavy atom. The van der Waals surface area contributed by atoms with Crippen molar-refractivity contribution < 1.29 is 17.9 Å². The highest BCUT2D eigenvalue weighted by molar-refractivity contribution is 7.89. The largest absolute Gasteiger partial charge is 0.383 e. The third-order valence-electron chi connectivity index (χ3n) is 2.12. The molecule has 2 atom stereocenters. The van der Waals surface area contributed by atoms with Crippen molar-refractivity contribution in [3.05, 3.63) is 0 Å². The number of hydrogen-bond donors (Lipinski definition) is 2. The van der Waals surface area contributed by atoms with E-state index in [9.17, 15) is 13.2 Å². The second-order valence-electron chi connectivity index (χ2n) is 4.16. The van der Waals surface area contributed by atoms with E-state index in [4.69, 9.17) is 16.3 Å². The molecule has 2 unspecified atom stereocenters. The first-order valence-corrected chi connectivity index (χ1v) is 7.83. The lowest BCUT2D eigenvalue weighted by Crippen LogP contribution is -2.46. The van der Waals surface area contributed by atoms with E-state index in [1.54, 1.807) is 6.92 Å². The zero-order valence-electron chi connectivity index (χ0n) is 10.9. The van der Waals surface area contributed by atoms with Crippen molar-refractivity contribution in [3.63, 3.8) is 0 Å². The van der Waals surface area contributed by atoms with E-state index in [2.05, 4.69) is 10.0 Å². The number of amides is 1. The minimum absolute atomic E-state index is 0.0911. The molecule has 0 fully saturated rings. The molecule has 18 heavy (non-hydrogen) atoms. The van der Waals surface area contributed by atoms with Crippen LogP contribution in [-0.2, 0) is 19.6 Å². The van der Waals surface area contributed by atoms with E-state index < -0.39 is 16.1 Å². The van der Waals surface area contributed by atoms with E-state index >= 15 is 0 Å². The molecule has 8 heteroatoms. The summed E-state index contributed by atoms with van der Waals surface area (Å²) < 4.78 is 30.4. The summed E-state index contributed by atoms with van der Waals surface area (Å²) in [6.07, 6.45) is 0. The number of ether oxygens (including phenoxy) is 1. The van der Waals surface area contributed by atoms with Crippen LogP contribution in [0.4, 0.5) is 0 Å². The fraction of sp³-hybridized carbons (Fsp3) is 0.900. The van der Waals surface area contributed by atoms with Crippen molar-refractivity contribution in [1.82, 2.24) is 10.0 Å². The quantitative estimate of drug-likeness (QED) is 0.461. The Balaban J connectivity index is 4.20. The Bertz CT molecular complexity index is 348. The molecule has 0 aliphatic heterocycles. The third kappa shape index (κ3) is 7.86. The van der Waals surface area contributed by atoms with Gasteiger partial charge in [-0.25, -0.2) is 13.1 Å². The van der Waals surface area contributed by atoms with E-state index in [1.165, 1.54) is 14.0 Å². The van der Waals surface area contributed by atoms with Crippen LogP contribution in [0.2, 0.25) is 0 Å². The van der Waals surface area contributed by atoms with Gasteiger partial charge < -0.3 is 10.1 Å². The molecule has 0 aliphatic carbocycles. The lowest BCUT2D eigenvalue weighted by molar-refractivity contribution is -0.122. The van der Waals surface area contributed by atoms with Crippen molar-refractivity contribution in [2.75, 3.05) is 31.9 Å². The second kappa shape index (κ2) is 8.68. The topological polar surface area (TPSA) is 84.5 Å². The molecule has 0 aromatic carbocycles. The summed E-state index contributed by atoms with van der Waals surface area (Å²) in [5.41, 5.74) is 0. The molecule has 0 aromatic rings. The third-order valence-corrected chi connectivity index (χ3v) is 4.37.